The summed E-state index contributed by atoms with van der Waals surface area (Å²) in [7, 11) is -6.10. The molecule has 0 spiro atoms. The number of benzene rings is 6. The van der Waals surface area contributed by atoms with Crippen LogP contribution in [0, 0.1) is 0 Å². The summed E-state index contributed by atoms with van der Waals surface area (Å²) in [5.74, 6) is -28.1. The fraction of sp³-hybridized carbons (Fsp3) is 0.500. The predicted molar refractivity (Wildman–Crippen MR) is 409 cm³/mol. The average Bonchev–Trinajstić information content (AvgIpc) is 0.781. The maximum absolute atomic E-state index is 13.6. The van der Waals surface area contributed by atoms with Crippen LogP contribution in [0.15, 0.2) is 133 Å². The monoisotopic (exact) mass is 1700 g/mol. The molecule has 0 heterocycles. The number of carbonyl (C=O) groups is 4. The van der Waals surface area contributed by atoms with E-state index in [2.05, 4.69) is 48.8 Å². The van der Waals surface area contributed by atoms with E-state index in [4.69, 9.17) is 59.9 Å². The van der Waals surface area contributed by atoms with Crippen molar-refractivity contribution in [3.05, 3.63) is 155 Å². The summed E-state index contributed by atoms with van der Waals surface area (Å²) in [6.45, 7) is 11.8. The smallest absolute Gasteiger partial charge is 0.460 e. The average molecular weight is 1700 g/mol. The van der Waals surface area contributed by atoms with Crippen LogP contribution in [0.4, 0.5) is 61.5 Å². The van der Waals surface area contributed by atoms with Gasteiger partial charge in [0.05, 0.1) is 34.4 Å². The van der Waals surface area contributed by atoms with Gasteiger partial charge in [-0.15, -0.1) is 0 Å². The highest BCUT2D eigenvalue weighted by atomic mass is 35.5. The number of unbranched alkanes of at least 4 members (excludes halogenated alkanes) is 16. The lowest BCUT2D eigenvalue weighted by atomic mass is 10.1. The number of halogens is 16. The predicted octanol–water partition coefficient (Wildman–Crippen LogP) is 24.7. The summed E-state index contributed by atoms with van der Waals surface area (Å²) in [5.41, 5.74) is 3.38. The summed E-state index contributed by atoms with van der Waals surface area (Å²) >= 11 is 12.4. The van der Waals surface area contributed by atoms with Crippen molar-refractivity contribution in [1.82, 2.24) is 0 Å². The lowest BCUT2D eigenvalue weighted by Crippen LogP contribution is -2.54. The van der Waals surface area contributed by atoms with Gasteiger partial charge in [0.2, 0.25) is 0 Å². The molecular formula is C80H96Cl2F14O14Si3. The molecule has 0 amide bonds. The number of alkyl halides is 14. The first-order valence-corrected chi connectivity index (χ1v) is 47.0. The van der Waals surface area contributed by atoms with Crippen molar-refractivity contribution < 1.29 is 127 Å². The Morgan fingerprint density at radius 1 is 0.363 bits per heavy atom. The molecule has 0 aromatic heterocycles. The molecular weight excluding hydrogens is 1610 g/mol. The number of hydrogen-bond acceptors (Lipinski definition) is 14. The first-order chi connectivity index (χ1) is 52.8. The van der Waals surface area contributed by atoms with Crippen LogP contribution >= 0.6 is 23.2 Å². The Kier molecular flexibility index (Phi) is 35.5. The second kappa shape index (κ2) is 42.4. The van der Waals surface area contributed by atoms with Crippen molar-refractivity contribution in [2.45, 2.75) is 229 Å². The Hall–Kier alpha value is -7.43. The molecule has 0 N–H and O–H groups in total. The minimum atomic E-state index is -6.59. The van der Waals surface area contributed by atoms with Crippen molar-refractivity contribution in [2.24, 2.45) is 0 Å². The fourth-order valence-corrected chi connectivity index (χ4v) is 26.6. The van der Waals surface area contributed by atoms with Crippen molar-refractivity contribution in [2.75, 3.05) is 26.4 Å². The fourth-order valence-electron chi connectivity index (χ4n) is 11.9. The summed E-state index contributed by atoms with van der Waals surface area (Å²) in [4.78, 5) is 50.0. The zero-order valence-corrected chi connectivity index (χ0v) is 68.6. The molecule has 0 saturated heterocycles. The molecule has 0 aliphatic rings. The van der Waals surface area contributed by atoms with Crippen LogP contribution in [0.25, 0.3) is 22.3 Å². The lowest BCUT2D eigenvalue weighted by Gasteiger charge is -2.39. The van der Waals surface area contributed by atoms with E-state index in [0.717, 1.165) is 122 Å². The van der Waals surface area contributed by atoms with Gasteiger partial charge in [0, 0.05) is 0 Å². The van der Waals surface area contributed by atoms with Crippen LogP contribution in [0.5, 0.6) is 34.5 Å². The summed E-state index contributed by atoms with van der Waals surface area (Å²) in [6, 6.07) is 37.9. The highest BCUT2D eigenvalue weighted by Gasteiger charge is 2.74. The SMILES string of the molecule is C[C@@H](Oc1ccc(C(=O)Oc2ccc(-c3ccc(OCCCCCCCCCCC[Si](C)(C)O[Si](C)(C)O[Si](C)(C)CCCCCCCCCCCOc4ccc(-c5ccc(OC(=O)c6ccc(O[C@H](C)C(=O)OCC(F)(F)C(F)(F)C(F)(F)F)c(Cl)c6)cc5)cc4)cc3)cc2)cc1Cl)C(=O)OCC(F)(F)C(F)(F)C(F)(F)F. The van der Waals surface area contributed by atoms with E-state index in [1.165, 1.54) is 89.2 Å². The molecule has 0 radical (unpaired) electrons. The van der Waals surface area contributed by atoms with Crippen LogP contribution < -0.4 is 28.4 Å². The van der Waals surface area contributed by atoms with Gasteiger partial charge in [-0.05, 0) is 185 Å². The van der Waals surface area contributed by atoms with E-state index in [9.17, 15) is 80.6 Å². The number of carbonyl (C=O) groups excluding carboxylic acids is 4. The molecule has 33 heteroatoms. The highest BCUT2D eigenvalue weighted by Crippen LogP contribution is 2.48. The van der Waals surface area contributed by atoms with Crippen LogP contribution in [-0.2, 0) is 27.3 Å². The van der Waals surface area contributed by atoms with E-state index < -0.39 is 111 Å². The normalized spacial score (nSPS) is 13.2. The van der Waals surface area contributed by atoms with Gasteiger partial charge in [-0.2, -0.15) is 61.5 Å². The third-order valence-corrected chi connectivity index (χ3v) is 30.0. The molecule has 0 unspecified atom stereocenters. The van der Waals surface area contributed by atoms with Gasteiger partial charge < -0.3 is 46.1 Å². The first kappa shape index (κ1) is 94.4. The molecule has 2 atom stereocenters. The molecule has 0 aliphatic carbocycles. The maximum Gasteiger partial charge on any atom is 0.460 e. The number of esters is 4. The zero-order valence-electron chi connectivity index (χ0n) is 64.1. The van der Waals surface area contributed by atoms with Crippen LogP contribution in [-0.4, -0.2) is 124 Å². The standard InChI is InChI=1S/C80H96Cl2F14O14Si3/c1-55(71(97)103-53-75(83,84)77(87,88)79(91,92)93)105-69-45-35-61(51-67(69)81)73(99)107-65-41-31-59(32-42-65)57-27-37-63(38-28-57)101-47-23-19-15-11-9-13-17-21-25-49-111(3,4)109-113(7,8)110-112(5,6)50-26-22-18-14-10-12-16-20-24-48-102-64-39-29-58(30-40-64)60-33-43-66(44-34-60)108-74(100)62-36-46-70(68(82)52-62)106-56(2)72(98)104-54-76(85,86)78(89,90)80(94,95)96/h27-46,51-52,55-56H,9-26,47-50,53-54H2,1-8H3/t55-,56-/m1/s1. The van der Waals surface area contributed by atoms with Crippen molar-refractivity contribution in [1.29, 1.82) is 0 Å². The number of ether oxygens (including phenoxy) is 8. The Morgan fingerprint density at radius 2 is 0.628 bits per heavy atom. The summed E-state index contributed by atoms with van der Waals surface area (Å²) in [6.07, 6.45) is 4.10. The zero-order chi connectivity index (χ0) is 83.6. The van der Waals surface area contributed by atoms with Crippen molar-refractivity contribution >= 4 is 72.3 Å². The Balaban J connectivity index is 0.730. The van der Waals surface area contributed by atoms with Crippen molar-refractivity contribution in [3.63, 3.8) is 0 Å². The number of rotatable bonds is 48. The van der Waals surface area contributed by atoms with Crippen LogP contribution in [0.3, 0.4) is 0 Å². The first-order valence-electron chi connectivity index (χ1n) is 37.2. The molecule has 0 fully saturated rings. The van der Waals surface area contributed by atoms with Crippen molar-refractivity contribution in [3.8, 4) is 56.8 Å². The maximum atomic E-state index is 13.6. The van der Waals surface area contributed by atoms with E-state index in [0.29, 0.717) is 13.2 Å². The summed E-state index contributed by atoms with van der Waals surface area (Å²) in [5, 5.41) is -0.496. The van der Waals surface area contributed by atoms with E-state index >= 15 is 0 Å². The lowest BCUT2D eigenvalue weighted by molar-refractivity contribution is -0.360. The molecule has 0 aliphatic heterocycles. The molecule has 14 nitrogen and oxygen atoms in total. The Morgan fingerprint density at radius 3 is 0.903 bits per heavy atom. The second-order valence-electron chi connectivity index (χ2n) is 29.1. The topological polar surface area (TPSA) is 161 Å². The van der Waals surface area contributed by atoms with Gasteiger partial charge >= 0.3 is 68.5 Å². The largest absolute Gasteiger partial charge is 0.494 e. The molecule has 0 saturated carbocycles. The minimum Gasteiger partial charge on any atom is -0.494 e. The minimum absolute atomic E-state index is 0.0506. The summed E-state index contributed by atoms with van der Waals surface area (Å²) < 4.78 is 237. The van der Waals surface area contributed by atoms with Crippen LogP contribution in [0.2, 0.25) is 61.4 Å². The van der Waals surface area contributed by atoms with Gasteiger partial charge in [-0.25, -0.2) is 19.2 Å². The third kappa shape index (κ3) is 30.3. The van der Waals surface area contributed by atoms with Gasteiger partial charge in [0.25, 0.3) is 0 Å². The molecule has 6 aromatic carbocycles. The molecule has 6 aromatic rings. The Bertz CT molecular complexity index is 3730. The van der Waals surface area contributed by atoms with Gasteiger partial charge in [-0.3, -0.25) is 0 Å². The molecule has 0 bridgehead atoms. The second-order valence-corrected chi connectivity index (χ2v) is 42.4. The van der Waals surface area contributed by atoms with E-state index in [-0.39, 0.29) is 44.2 Å². The van der Waals surface area contributed by atoms with Crippen LogP contribution in [0.1, 0.15) is 150 Å². The highest BCUT2D eigenvalue weighted by molar-refractivity contribution is 6.87. The third-order valence-electron chi connectivity index (χ3n) is 18.0. The Labute approximate surface area is 662 Å². The molecule has 624 valence electrons. The van der Waals surface area contributed by atoms with E-state index in [1.54, 1.807) is 48.5 Å². The van der Waals surface area contributed by atoms with E-state index in [1.807, 2.05) is 48.5 Å². The molecule has 6 rings (SSSR count). The van der Waals surface area contributed by atoms with Gasteiger partial charge in [-0.1, -0.05) is 174 Å². The molecule has 113 heavy (non-hydrogen) atoms. The quantitative estimate of drug-likeness (QED) is 0.0117. The number of hydrogen-bond donors (Lipinski definition) is 0. The van der Waals surface area contributed by atoms with Gasteiger partial charge in [0.15, 0.2) is 42.1 Å². The van der Waals surface area contributed by atoms with Gasteiger partial charge in [0.1, 0.15) is 34.5 Å².